The van der Waals surface area contributed by atoms with Crippen LogP contribution in [-0.4, -0.2) is 44.0 Å². The summed E-state index contributed by atoms with van der Waals surface area (Å²) in [5, 5.41) is 2.33. The van der Waals surface area contributed by atoms with E-state index < -0.39 is 35.9 Å². The highest BCUT2D eigenvalue weighted by molar-refractivity contribution is 5.98. The summed E-state index contributed by atoms with van der Waals surface area (Å²) in [6, 6.07) is 7.27. The third-order valence-electron chi connectivity index (χ3n) is 4.22. The van der Waals surface area contributed by atoms with Gasteiger partial charge >= 0.3 is 5.97 Å². The Morgan fingerprint density at radius 3 is 2.53 bits per heavy atom. The summed E-state index contributed by atoms with van der Waals surface area (Å²) in [6.07, 6.45) is 0.517. The van der Waals surface area contributed by atoms with Crippen molar-refractivity contribution in [3.63, 3.8) is 0 Å². The van der Waals surface area contributed by atoms with E-state index in [0.717, 1.165) is 18.6 Å². The van der Waals surface area contributed by atoms with Crippen molar-refractivity contribution < 1.29 is 37.4 Å². The number of esters is 1. The molecule has 7 nitrogen and oxygen atoms in total. The minimum Gasteiger partial charge on any atom is -0.490 e. The molecule has 2 aromatic rings. The molecule has 2 aromatic carbocycles. The first-order valence-electron chi connectivity index (χ1n) is 9.26. The van der Waals surface area contributed by atoms with Crippen molar-refractivity contribution in [1.29, 1.82) is 0 Å². The second-order valence-corrected chi connectivity index (χ2v) is 6.43. The lowest BCUT2D eigenvalue weighted by atomic mass is 10.1. The highest BCUT2D eigenvalue weighted by Crippen LogP contribution is 2.30. The summed E-state index contributed by atoms with van der Waals surface area (Å²) in [4.78, 5) is 35.9. The fraction of sp³-hybridized carbons (Fsp3) is 0.286. The summed E-state index contributed by atoms with van der Waals surface area (Å²) in [6.45, 7) is 0.404. The number of benzene rings is 2. The normalized spacial score (nSPS) is 12.6. The van der Waals surface area contributed by atoms with Crippen molar-refractivity contribution in [1.82, 2.24) is 5.32 Å². The molecule has 0 radical (unpaired) electrons. The summed E-state index contributed by atoms with van der Waals surface area (Å²) in [5.74, 6) is -2.71. The summed E-state index contributed by atoms with van der Waals surface area (Å²) < 4.78 is 42.3. The first kappa shape index (κ1) is 21.2. The molecule has 1 heterocycles. The Balaban J connectivity index is 1.44. The van der Waals surface area contributed by atoms with Crippen LogP contribution in [0.3, 0.4) is 0 Å². The molecule has 9 heteroatoms. The zero-order valence-electron chi connectivity index (χ0n) is 15.9. The van der Waals surface area contributed by atoms with E-state index in [1.807, 2.05) is 0 Å². The van der Waals surface area contributed by atoms with E-state index in [1.54, 1.807) is 12.1 Å². The van der Waals surface area contributed by atoms with Gasteiger partial charge in [0.2, 0.25) is 0 Å². The zero-order valence-corrected chi connectivity index (χ0v) is 15.9. The second-order valence-electron chi connectivity index (χ2n) is 6.43. The molecule has 0 aliphatic carbocycles. The van der Waals surface area contributed by atoms with Crippen LogP contribution in [-0.2, 0) is 9.53 Å². The van der Waals surface area contributed by atoms with Crippen molar-refractivity contribution in [2.45, 2.75) is 12.8 Å². The van der Waals surface area contributed by atoms with Gasteiger partial charge in [0.25, 0.3) is 5.91 Å². The van der Waals surface area contributed by atoms with Crippen LogP contribution in [0.15, 0.2) is 36.4 Å². The van der Waals surface area contributed by atoms with Crippen LogP contribution in [0, 0.1) is 11.6 Å². The summed E-state index contributed by atoms with van der Waals surface area (Å²) in [7, 11) is 0. The highest BCUT2D eigenvalue weighted by Gasteiger charge is 2.16. The van der Waals surface area contributed by atoms with Gasteiger partial charge in [-0.2, -0.15) is 0 Å². The van der Waals surface area contributed by atoms with E-state index in [-0.39, 0.29) is 18.5 Å². The summed E-state index contributed by atoms with van der Waals surface area (Å²) >= 11 is 0. The van der Waals surface area contributed by atoms with Crippen LogP contribution in [0.5, 0.6) is 11.5 Å². The predicted molar refractivity (Wildman–Crippen MR) is 101 cm³/mol. The van der Waals surface area contributed by atoms with E-state index in [9.17, 15) is 23.2 Å². The molecule has 0 fully saturated rings. The fourth-order valence-corrected chi connectivity index (χ4v) is 2.69. The molecule has 3 rings (SSSR count). The van der Waals surface area contributed by atoms with Gasteiger partial charge in [-0.1, -0.05) is 0 Å². The SMILES string of the molecule is O=C(CCNC(=O)c1ccc(F)cc1F)OCC(=O)c1ccc2c(c1)OCCCO2. The van der Waals surface area contributed by atoms with Crippen molar-refractivity contribution in [2.24, 2.45) is 0 Å². The number of rotatable bonds is 7. The van der Waals surface area contributed by atoms with Crippen LogP contribution >= 0.6 is 0 Å². The number of ketones is 1. The van der Waals surface area contributed by atoms with E-state index in [2.05, 4.69) is 5.32 Å². The standard InChI is InChI=1S/C21H19F2NO6/c22-14-3-4-15(16(23)11-14)21(27)24-7-6-20(26)30-12-17(25)13-2-5-18-19(10-13)29-9-1-8-28-18/h2-5,10-11H,1,6-9,12H2,(H,24,27). The van der Waals surface area contributed by atoms with Crippen molar-refractivity contribution >= 4 is 17.7 Å². The summed E-state index contributed by atoms with van der Waals surface area (Å²) in [5.41, 5.74) is -0.0264. The second kappa shape index (κ2) is 9.82. The zero-order chi connectivity index (χ0) is 21.5. The van der Waals surface area contributed by atoms with Gasteiger partial charge in [0, 0.05) is 24.6 Å². The maximum atomic E-state index is 13.5. The van der Waals surface area contributed by atoms with Gasteiger partial charge in [-0.25, -0.2) is 8.78 Å². The van der Waals surface area contributed by atoms with Gasteiger partial charge in [-0.05, 0) is 30.3 Å². The van der Waals surface area contributed by atoms with Gasteiger partial charge in [0.05, 0.1) is 25.2 Å². The number of halogens is 2. The third kappa shape index (κ3) is 5.53. The topological polar surface area (TPSA) is 90.9 Å². The van der Waals surface area contributed by atoms with Gasteiger partial charge in [0.1, 0.15) is 11.6 Å². The van der Waals surface area contributed by atoms with Crippen LogP contribution in [0.1, 0.15) is 33.6 Å². The van der Waals surface area contributed by atoms with Gasteiger partial charge in [0.15, 0.2) is 23.9 Å². The molecular formula is C21H19F2NO6. The van der Waals surface area contributed by atoms with Crippen molar-refractivity contribution in [2.75, 3.05) is 26.4 Å². The maximum Gasteiger partial charge on any atom is 0.308 e. The molecule has 0 atom stereocenters. The molecule has 1 aliphatic rings. The lowest BCUT2D eigenvalue weighted by molar-refractivity contribution is -0.142. The highest BCUT2D eigenvalue weighted by atomic mass is 19.1. The number of carbonyl (C=O) groups is 3. The largest absolute Gasteiger partial charge is 0.490 e. The first-order valence-corrected chi connectivity index (χ1v) is 9.26. The Labute approximate surface area is 170 Å². The number of amides is 1. The van der Waals surface area contributed by atoms with Crippen molar-refractivity contribution in [3.05, 3.63) is 59.2 Å². The number of nitrogens with one attached hydrogen (secondary N) is 1. The van der Waals surface area contributed by atoms with E-state index in [1.165, 1.54) is 6.07 Å². The molecule has 0 unspecified atom stereocenters. The van der Waals surface area contributed by atoms with Crippen LogP contribution in [0.25, 0.3) is 0 Å². The minimum atomic E-state index is -1.00. The number of Topliss-reactive ketones (excluding diaryl/α,β-unsaturated/α-hetero) is 1. The Bertz CT molecular complexity index is 963. The number of ether oxygens (including phenoxy) is 3. The molecule has 1 aliphatic heterocycles. The smallest absolute Gasteiger partial charge is 0.308 e. The minimum absolute atomic E-state index is 0.132. The van der Waals surface area contributed by atoms with Crippen LogP contribution in [0.2, 0.25) is 0 Å². The number of carbonyl (C=O) groups excluding carboxylic acids is 3. The average molecular weight is 419 g/mol. The predicted octanol–water partition coefficient (Wildman–Crippen LogP) is 2.67. The molecular weight excluding hydrogens is 400 g/mol. The Morgan fingerprint density at radius 2 is 1.77 bits per heavy atom. The lowest BCUT2D eigenvalue weighted by Gasteiger charge is -2.09. The van der Waals surface area contributed by atoms with Gasteiger partial charge in [-0.3, -0.25) is 14.4 Å². The van der Waals surface area contributed by atoms with Gasteiger partial charge < -0.3 is 19.5 Å². The van der Waals surface area contributed by atoms with Crippen molar-refractivity contribution in [3.8, 4) is 11.5 Å². The van der Waals surface area contributed by atoms with Crippen LogP contribution in [0.4, 0.5) is 8.78 Å². The molecule has 30 heavy (non-hydrogen) atoms. The molecule has 0 saturated carbocycles. The number of hydrogen-bond donors (Lipinski definition) is 1. The number of fused-ring (bicyclic) bond motifs is 1. The average Bonchev–Trinajstić information content (AvgIpc) is 2.96. The van der Waals surface area contributed by atoms with E-state index >= 15 is 0 Å². The first-order chi connectivity index (χ1) is 14.4. The third-order valence-corrected chi connectivity index (χ3v) is 4.22. The molecule has 0 spiro atoms. The maximum absolute atomic E-state index is 13.5. The van der Waals surface area contributed by atoms with E-state index in [4.69, 9.17) is 14.2 Å². The number of hydrogen-bond acceptors (Lipinski definition) is 6. The molecule has 0 bridgehead atoms. The van der Waals surface area contributed by atoms with E-state index in [0.29, 0.717) is 36.3 Å². The Hall–Kier alpha value is -3.49. The molecule has 0 aromatic heterocycles. The molecule has 158 valence electrons. The fourth-order valence-electron chi connectivity index (χ4n) is 2.69. The Morgan fingerprint density at radius 1 is 1.00 bits per heavy atom. The quantitative estimate of drug-likeness (QED) is 0.548. The van der Waals surface area contributed by atoms with Crippen LogP contribution < -0.4 is 14.8 Å². The monoisotopic (exact) mass is 419 g/mol. The van der Waals surface area contributed by atoms with Gasteiger partial charge in [-0.15, -0.1) is 0 Å². The lowest BCUT2D eigenvalue weighted by Crippen LogP contribution is -2.27. The Kier molecular flexibility index (Phi) is 6.95. The molecule has 0 saturated heterocycles. The molecule has 1 amide bonds. The molecule has 1 N–H and O–H groups in total.